The Morgan fingerprint density at radius 1 is 0.950 bits per heavy atom. The quantitative estimate of drug-likeness (QED) is 0.392. The maximum Gasteiger partial charge on any atom is 0.439 e. The molecule has 0 bridgehead atoms. The van der Waals surface area contributed by atoms with Crippen LogP contribution in [-0.4, -0.2) is 11.2 Å². The van der Waals surface area contributed by atoms with E-state index in [9.17, 15) is 13.2 Å². The van der Waals surface area contributed by atoms with Gasteiger partial charge in [-0.05, 0) is 36.4 Å². The van der Waals surface area contributed by atoms with Crippen molar-refractivity contribution < 1.29 is 13.2 Å². The van der Waals surface area contributed by atoms with E-state index < -0.39 is 11.2 Å². The second kappa shape index (κ2) is 6.33. The average Bonchev–Trinajstić information content (AvgIpc) is 2.40. The Hall–Kier alpha value is -1.46. The van der Waals surface area contributed by atoms with Gasteiger partial charge < -0.3 is 0 Å². The Labute approximate surface area is 123 Å². The van der Waals surface area contributed by atoms with Crippen molar-refractivity contribution >= 4 is 34.1 Å². The molecule has 0 aliphatic heterocycles. The van der Waals surface area contributed by atoms with Crippen LogP contribution in [0.3, 0.4) is 0 Å². The largest absolute Gasteiger partial charge is 0.439 e. The summed E-state index contributed by atoms with van der Waals surface area (Å²) >= 11 is 6.27. The van der Waals surface area contributed by atoms with Crippen LogP contribution in [0.4, 0.5) is 18.9 Å². The van der Waals surface area contributed by atoms with E-state index in [0.29, 0.717) is 21.7 Å². The summed E-state index contributed by atoms with van der Waals surface area (Å²) in [6.45, 7) is 0. The SMILES string of the molecule is FC(F)(F)C(=Nc1ccccc1)Sc1ccc(Cl)cc1. The van der Waals surface area contributed by atoms with Crippen LogP contribution in [0.5, 0.6) is 0 Å². The van der Waals surface area contributed by atoms with Crippen LogP contribution in [0, 0.1) is 0 Å². The second-order valence-electron chi connectivity index (χ2n) is 3.81. The van der Waals surface area contributed by atoms with Gasteiger partial charge in [-0.25, -0.2) is 4.99 Å². The summed E-state index contributed by atoms with van der Waals surface area (Å²) in [4.78, 5) is 4.10. The second-order valence-corrected chi connectivity index (χ2v) is 5.30. The zero-order valence-electron chi connectivity index (χ0n) is 10.1. The molecule has 2 rings (SSSR count). The van der Waals surface area contributed by atoms with E-state index in [1.54, 1.807) is 30.3 Å². The van der Waals surface area contributed by atoms with Gasteiger partial charge in [-0.15, -0.1) is 0 Å². The van der Waals surface area contributed by atoms with Crippen LogP contribution in [0.15, 0.2) is 64.5 Å². The zero-order valence-corrected chi connectivity index (χ0v) is 11.6. The lowest BCUT2D eigenvalue weighted by Crippen LogP contribution is -2.19. The highest BCUT2D eigenvalue weighted by molar-refractivity contribution is 8.14. The van der Waals surface area contributed by atoms with Crippen LogP contribution in [0.1, 0.15) is 0 Å². The number of thioether (sulfide) groups is 1. The molecule has 2 aromatic carbocycles. The molecule has 0 atom stereocenters. The van der Waals surface area contributed by atoms with Gasteiger partial charge in [0.05, 0.1) is 5.69 Å². The lowest BCUT2D eigenvalue weighted by Gasteiger charge is -2.10. The molecule has 1 nitrogen and oxygen atoms in total. The van der Waals surface area contributed by atoms with Gasteiger partial charge in [0.1, 0.15) is 0 Å². The van der Waals surface area contributed by atoms with Gasteiger partial charge >= 0.3 is 6.18 Å². The van der Waals surface area contributed by atoms with Crippen LogP contribution in [-0.2, 0) is 0 Å². The summed E-state index contributed by atoms with van der Waals surface area (Å²) in [5.74, 6) is 0. The molecule has 0 unspecified atom stereocenters. The van der Waals surface area contributed by atoms with E-state index in [1.165, 1.54) is 24.3 Å². The summed E-state index contributed by atoms with van der Waals surface area (Å²) < 4.78 is 39.0. The minimum absolute atomic E-state index is 0.265. The Morgan fingerprint density at radius 3 is 2.10 bits per heavy atom. The van der Waals surface area contributed by atoms with Gasteiger partial charge in [0.15, 0.2) is 5.04 Å². The fourth-order valence-electron chi connectivity index (χ4n) is 1.38. The predicted molar refractivity (Wildman–Crippen MR) is 76.9 cm³/mol. The standard InChI is InChI=1S/C14H9ClF3NS/c15-10-6-8-12(9-7-10)20-13(14(16,17)18)19-11-4-2-1-3-5-11/h1-9H. The molecular weight excluding hydrogens is 307 g/mol. The third-order valence-electron chi connectivity index (χ3n) is 2.26. The molecular formula is C14H9ClF3NS. The van der Waals surface area contributed by atoms with Gasteiger partial charge in [0.2, 0.25) is 0 Å². The minimum Gasteiger partial charge on any atom is -0.237 e. The Morgan fingerprint density at radius 2 is 1.55 bits per heavy atom. The van der Waals surface area contributed by atoms with Gasteiger partial charge in [-0.1, -0.05) is 41.6 Å². The summed E-state index contributed by atoms with van der Waals surface area (Å²) in [5, 5.41) is -0.436. The van der Waals surface area contributed by atoms with Crippen molar-refractivity contribution in [3.63, 3.8) is 0 Å². The topological polar surface area (TPSA) is 12.4 Å². The molecule has 0 heterocycles. The van der Waals surface area contributed by atoms with Crippen LogP contribution < -0.4 is 0 Å². The molecule has 0 amide bonds. The maximum atomic E-state index is 13.0. The summed E-state index contributed by atoms with van der Waals surface area (Å²) in [5.41, 5.74) is 0.265. The number of hydrogen-bond donors (Lipinski definition) is 0. The molecule has 2 aromatic rings. The van der Waals surface area contributed by atoms with Crippen LogP contribution >= 0.6 is 23.4 Å². The van der Waals surface area contributed by atoms with E-state index in [1.807, 2.05) is 0 Å². The first-order valence-electron chi connectivity index (χ1n) is 5.59. The molecule has 0 spiro atoms. The smallest absolute Gasteiger partial charge is 0.237 e. The highest BCUT2D eigenvalue weighted by Crippen LogP contribution is 2.33. The maximum absolute atomic E-state index is 13.0. The highest BCUT2D eigenvalue weighted by Gasteiger charge is 2.36. The number of aliphatic imine (C=N–C) groups is 1. The molecule has 104 valence electrons. The molecule has 0 aliphatic carbocycles. The van der Waals surface area contributed by atoms with Gasteiger partial charge in [-0.3, -0.25) is 0 Å². The number of rotatable bonds is 2. The Bertz CT molecular complexity index is 594. The third kappa shape index (κ3) is 4.28. The van der Waals surface area contributed by atoms with Gasteiger partial charge in [0.25, 0.3) is 0 Å². The van der Waals surface area contributed by atoms with Gasteiger partial charge in [0, 0.05) is 9.92 Å². The van der Waals surface area contributed by atoms with E-state index in [-0.39, 0.29) is 5.69 Å². The monoisotopic (exact) mass is 315 g/mol. The van der Waals surface area contributed by atoms with Crippen molar-refractivity contribution in [1.29, 1.82) is 0 Å². The van der Waals surface area contributed by atoms with Crippen molar-refractivity contribution in [3.8, 4) is 0 Å². The van der Waals surface area contributed by atoms with Crippen molar-refractivity contribution in [2.24, 2.45) is 4.99 Å². The molecule has 0 aliphatic rings. The first-order chi connectivity index (χ1) is 9.45. The fourth-order valence-corrected chi connectivity index (χ4v) is 2.27. The van der Waals surface area contributed by atoms with Crippen molar-refractivity contribution in [3.05, 3.63) is 59.6 Å². The number of halogens is 4. The number of alkyl halides is 3. The Kier molecular flexibility index (Phi) is 4.73. The number of para-hydroxylation sites is 1. The molecule has 0 aromatic heterocycles. The number of benzene rings is 2. The molecule has 0 saturated heterocycles. The van der Waals surface area contributed by atoms with Crippen molar-refractivity contribution in [2.75, 3.05) is 0 Å². The predicted octanol–water partition coefficient (Wildman–Crippen LogP) is 5.72. The zero-order chi connectivity index (χ0) is 14.6. The van der Waals surface area contributed by atoms with Crippen LogP contribution in [0.25, 0.3) is 0 Å². The molecule has 20 heavy (non-hydrogen) atoms. The average molecular weight is 316 g/mol. The van der Waals surface area contributed by atoms with E-state index in [0.717, 1.165) is 0 Å². The normalized spacial score (nSPS) is 12.5. The molecule has 0 N–H and O–H groups in total. The lowest BCUT2D eigenvalue weighted by atomic mass is 10.3. The highest BCUT2D eigenvalue weighted by atomic mass is 35.5. The first kappa shape index (κ1) is 14.9. The van der Waals surface area contributed by atoms with E-state index in [2.05, 4.69) is 4.99 Å². The van der Waals surface area contributed by atoms with Gasteiger partial charge in [-0.2, -0.15) is 13.2 Å². The fraction of sp³-hybridized carbons (Fsp3) is 0.0714. The van der Waals surface area contributed by atoms with Crippen molar-refractivity contribution in [1.82, 2.24) is 0 Å². The van der Waals surface area contributed by atoms with E-state index >= 15 is 0 Å². The molecule has 6 heteroatoms. The first-order valence-corrected chi connectivity index (χ1v) is 6.79. The number of nitrogens with zero attached hydrogens (tertiary/aromatic N) is 1. The minimum atomic E-state index is -4.50. The Balaban J connectivity index is 2.29. The summed E-state index contributed by atoms with van der Waals surface area (Å²) in [7, 11) is 0. The molecule has 0 saturated carbocycles. The summed E-state index contributed by atoms with van der Waals surface area (Å²) in [6.07, 6.45) is -4.50. The molecule has 0 fully saturated rings. The van der Waals surface area contributed by atoms with Crippen LogP contribution in [0.2, 0.25) is 5.02 Å². The molecule has 0 radical (unpaired) electrons. The summed E-state index contributed by atoms with van der Waals surface area (Å²) in [6, 6.07) is 14.2. The lowest BCUT2D eigenvalue weighted by molar-refractivity contribution is -0.0553. The third-order valence-corrected chi connectivity index (χ3v) is 3.53. The van der Waals surface area contributed by atoms with Crippen molar-refractivity contribution in [2.45, 2.75) is 11.1 Å². The number of hydrogen-bond acceptors (Lipinski definition) is 2. The van der Waals surface area contributed by atoms with E-state index in [4.69, 9.17) is 11.6 Å².